The largest absolute Gasteiger partial charge is 1.00 e. The molecule has 22 heavy (non-hydrogen) atoms. The molecule has 0 fully saturated rings. The molecule has 0 saturated carbocycles. The van der Waals surface area contributed by atoms with Crippen molar-refractivity contribution in [2.24, 2.45) is 10.8 Å². The van der Waals surface area contributed by atoms with E-state index in [4.69, 9.17) is 0 Å². The third-order valence-electron chi connectivity index (χ3n) is 3.08. The minimum absolute atomic E-state index is 0. The van der Waals surface area contributed by atoms with Gasteiger partial charge in [-0.1, -0.05) is 48.6 Å². The smallest absolute Gasteiger partial charge is 0.549 e. The van der Waals surface area contributed by atoms with Gasteiger partial charge in [0.15, 0.2) is 0 Å². The van der Waals surface area contributed by atoms with Crippen molar-refractivity contribution in [1.29, 1.82) is 0 Å². The van der Waals surface area contributed by atoms with Crippen LogP contribution < -0.4 is 113 Å². The van der Waals surface area contributed by atoms with E-state index in [0.29, 0.717) is 0 Å². The normalized spacial score (nSPS) is 17.1. The standard InChI is InChI=1S/C16H22O4.2K/c1-5-9-15(10-6-2,13(17)18)16(11-7-3,12-8-4)14(19)20;;/h5-12H,1-4H3,(H,17,18)(H,19,20);;/q;2*+1/p-2. The number of carboxylic acid groups (broad SMARTS) is 2. The van der Waals surface area contributed by atoms with Gasteiger partial charge in [0, 0.05) is 0 Å². The fraction of sp³-hybridized carbons (Fsp3) is 0.375. The first-order valence-corrected chi connectivity index (χ1v) is 6.36. The summed E-state index contributed by atoms with van der Waals surface area (Å²) in [5.74, 6) is -3.01. The molecule has 0 aliphatic rings. The summed E-state index contributed by atoms with van der Waals surface area (Å²) in [5.41, 5.74) is -3.71. The second kappa shape index (κ2) is 13.5. The van der Waals surface area contributed by atoms with Crippen LogP contribution in [0.4, 0.5) is 0 Å². The molecule has 0 aliphatic heterocycles. The molecule has 0 aromatic rings. The minimum atomic E-state index is -1.85. The average molecular weight is 355 g/mol. The van der Waals surface area contributed by atoms with Gasteiger partial charge in [0.1, 0.15) is 0 Å². The van der Waals surface area contributed by atoms with Gasteiger partial charge in [-0.15, -0.1) is 0 Å². The molecule has 0 amide bonds. The van der Waals surface area contributed by atoms with Crippen LogP contribution in [0.15, 0.2) is 48.6 Å². The van der Waals surface area contributed by atoms with Crippen LogP contribution in [0.25, 0.3) is 0 Å². The Bertz CT molecular complexity index is 409. The van der Waals surface area contributed by atoms with E-state index in [-0.39, 0.29) is 103 Å². The van der Waals surface area contributed by atoms with Gasteiger partial charge in [-0.3, -0.25) is 0 Å². The molecule has 0 unspecified atom stereocenters. The molecule has 0 rings (SSSR count). The topological polar surface area (TPSA) is 80.3 Å². The molecule has 0 bridgehead atoms. The van der Waals surface area contributed by atoms with E-state index in [2.05, 4.69) is 0 Å². The summed E-state index contributed by atoms with van der Waals surface area (Å²) in [6.45, 7) is 6.47. The third kappa shape index (κ3) is 5.91. The fourth-order valence-electron chi connectivity index (χ4n) is 2.32. The predicted molar refractivity (Wildman–Crippen MR) is 74.1 cm³/mol. The summed E-state index contributed by atoms with van der Waals surface area (Å²) >= 11 is 0. The number of carbonyl (C=O) groups excluding carboxylic acids is 2. The van der Waals surface area contributed by atoms with Gasteiger partial charge in [-0.2, -0.15) is 0 Å². The molecule has 0 heterocycles. The zero-order valence-electron chi connectivity index (χ0n) is 14.3. The zero-order valence-corrected chi connectivity index (χ0v) is 20.5. The molecule has 0 aromatic heterocycles. The Kier molecular flexibility index (Phi) is 17.1. The maximum Gasteiger partial charge on any atom is 1.00 e. The summed E-state index contributed by atoms with van der Waals surface area (Å²) in [7, 11) is 0. The van der Waals surface area contributed by atoms with E-state index in [0.717, 1.165) is 0 Å². The Balaban J connectivity index is -0.00000180. The van der Waals surface area contributed by atoms with Gasteiger partial charge in [-0.05, 0) is 27.7 Å². The van der Waals surface area contributed by atoms with E-state index in [1.807, 2.05) is 0 Å². The monoisotopic (exact) mass is 354 g/mol. The third-order valence-corrected chi connectivity index (χ3v) is 3.08. The Morgan fingerprint density at radius 3 is 0.909 bits per heavy atom. The molecule has 0 radical (unpaired) electrons. The van der Waals surface area contributed by atoms with E-state index in [1.54, 1.807) is 27.7 Å². The maximum absolute atomic E-state index is 11.7. The van der Waals surface area contributed by atoms with Crippen molar-refractivity contribution in [3.05, 3.63) is 48.6 Å². The van der Waals surface area contributed by atoms with Crippen LogP contribution >= 0.6 is 0 Å². The molecule has 0 aliphatic carbocycles. The molecular formula is C16H20K2O4. The molecule has 0 aromatic carbocycles. The molecular weight excluding hydrogens is 334 g/mol. The molecule has 0 spiro atoms. The number of carbonyl (C=O) groups is 2. The van der Waals surface area contributed by atoms with Crippen LogP contribution in [0.1, 0.15) is 27.7 Å². The second-order valence-electron chi connectivity index (χ2n) is 4.31. The van der Waals surface area contributed by atoms with Crippen LogP contribution in [-0.2, 0) is 9.59 Å². The predicted octanol–water partition coefficient (Wildman–Crippen LogP) is -5.23. The van der Waals surface area contributed by atoms with Crippen LogP contribution in [0.5, 0.6) is 0 Å². The number of hydrogen-bond acceptors (Lipinski definition) is 4. The van der Waals surface area contributed by atoms with Crippen molar-refractivity contribution in [3.63, 3.8) is 0 Å². The van der Waals surface area contributed by atoms with E-state index in [9.17, 15) is 19.8 Å². The molecule has 0 N–H and O–H groups in total. The Hall–Kier alpha value is 1.17. The number of carboxylic acids is 2. The second-order valence-corrected chi connectivity index (χ2v) is 4.31. The van der Waals surface area contributed by atoms with Crippen molar-refractivity contribution in [1.82, 2.24) is 0 Å². The molecule has 0 saturated heterocycles. The number of rotatable bonds is 7. The van der Waals surface area contributed by atoms with Gasteiger partial charge in [-0.25, -0.2) is 0 Å². The van der Waals surface area contributed by atoms with Crippen molar-refractivity contribution in [3.8, 4) is 0 Å². The van der Waals surface area contributed by atoms with Gasteiger partial charge in [0.25, 0.3) is 0 Å². The van der Waals surface area contributed by atoms with Crippen LogP contribution in [0, 0.1) is 10.8 Å². The minimum Gasteiger partial charge on any atom is -0.549 e. The Morgan fingerprint density at radius 1 is 0.636 bits per heavy atom. The van der Waals surface area contributed by atoms with Crippen LogP contribution in [0.3, 0.4) is 0 Å². The first-order valence-electron chi connectivity index (χ1n) is 6.36. The molecule has 6 heteroatoms. The number of allylic oxidation sites excluding steroid dienone is 4. The van der Waals surface area contributed by atoms with E-state index < -0.39 is 22.8 Å². The molecule has 4 nitrogen and oxygen atoms in total. The number of aliphatic carboxylic acids is 2. The maximum atomic E-state index is 11.7. The van der Waals surface area contributed by atoms with Crippen molar-refractivity contribution >= 4 is 11.9 Å². The van der Waals surface area contributed by atoms with Crippen LogP contribution in [0.2, 0.25) is 0 Å². The van der Waals surface area contributed by atoms with Gasteiger partial charge >= 0.3 is 103 Å². The SMILES string of the molecule is CC=CC(C=CC)(C(=O)[O-])C(C=CC)(C=CC)C(=O)[O-].[K+].[K+]. The van der Waals surface area contributed by atoms with Gasteiger partial charge in [0.2, 0.25) is 0 Å². The van der Waals surface area contributed by atoms with E-state index >= 15 is 0 Å². The van der Waals surface area contributed by atoms with Gasteiger partial charge < -0.3 is 19.8 Å². The molecule has 110 valence electrons. The average Bonchev–Trinajstić information content (AvgIpc) is 2.37. The summed E-state index contributed by atoms with van der Waals surface area (Å²) in [4.78, 5) is 23.5. The summed E-state index contributed by atoms with van der Waals surface area (Å²) in [6, 6.07) is 0. The van der Waals surface area contributed by atoms with Crippen molar-refractivity contribution in [2.45, 2.75) is 27.7 Å². The summed E-state index contributed by atoms with van der Waals surface area (Å²) in [6.07, 6.45) is 11.2. The summed E-state index contributed by atoms with van der Waals surface area (Å²) in [5, 5.41) is 23.5. The van der Waals surface area contributed by atoms with Crippen LogP contribution in [-0.4, -0.2) is 11.9 Å². The first-order chi connectivity index (χ1) is 9.38. The van der Waals surface area contributed by atoms with Gasteiger partial charge in [0.05, 0.1) is 22.8 Å². The zero-order chi connectivity index (χ0) is 15.8. The first kappa shape index (κ1) is 28.0. The number of hydrogen-bond donors (Lipinski definition) is 0. The molecule has 0 atom stereocenters. The fourth-order valence-corrected chi connectivity index (χ4v) is 2.32. The Labute approximate surface area is 217 Å². The Morgan fingerprint density at radius 2 is 0.818 bits per heavy atom. The van der Waals surface area contributed by atoms with Crippen molar-refractivity contribution < 1.29 is 123 Å². The van der Waals surface area contributed by atoms with Crippen molar-refractivity contribution in [2.75, 3.05) is 0 Å². The summed E-state index contributed by atoms with van der Waals surface area (Å²) < 4.78 is 0. The quantitative estimate of drug-likeness (QED) is 0.338. The van der Waals surface area contributed by atoms with E-state index in [1.165, 1.54) is 48.6 Å².